The van der Waals surface area contributed by atoms with Gasteiger partial charge in [-0.2, -0.15) is 0 Å². The van der Waals surface area contributed by atoms with Crippen molar-refractivity contribution in [3.63, 3.8) is 0 Å². The molecule has 7 heteroatoms. The standard InChI is InChI=1S/C24H19BrN4OS/c25-16-5-3-6-18(15-16)28-14-4-8-21(28)23-22(20-7-1-2-13-26-20)27-24(31)29(23)17-9-11-19(30)12-10-17/h1-15,22-23,30H,(H,27,31)/t22-,23+/m1/s1. The zero-order chi connectivity index (χ0) is 21.4. The average molecular weight is 491 g/mol. The molecule has 2 aromatic carbocycles. The molecule has 5 rings (SSSR count). The molecule has 154 valence electrons. The van der Waals surface area contributed by atoms with E-state index in [1.54, 1.807) is 18.3 Å². The van der Waals surface area contributed by atoms with Crippen LogP contribution in [0, 0.1) is 0 Å². The molecule has 2 N–H and O–H groups in total. The van der Waals surface area contributed by atoms with Gasteiger partial charge in [0.15, 0.2) is 5.11 Å². The molecule has 0 saturated carbocycles. The molecular weight excluding hydrogens is 472 g/mol. The van der Waals surface area contributed by atoms with Crippen molar-refractivity contribution in [1.82, 2.24) is 14.9 Å². The van der Waals surface area contributed by atoms with Crippen LogP contribution in [0.1, 0.15) is 23.5 Å². The number of anilines is 1. The molecule has 1 aliphatic rings. The number of phenols is 1. The van der Waals surface area contributed by atoms with Crippen LogP contribution < -0.4 is 10.2 Å². The van der Waals surface area contributed by atoms with E-state index in [1.807, 2.05) is 48.5 Å². The topological polar surface area (TPSA) is 53.3 Å². The first kappa shape index (κ1) is 19.8. The minimum Gasteiger partial charge on any atom is -0.508 e. The summed E-state index contributed by atoms with van der Waals surface area (Å²) in [6, 6.07) is 25.1. The number of nitrogens with one attached hydrogen (secondary N) is 1. The van der Waals surface area contributed by atoms with E-state index in [9.17, 15) is 5.11 Å². The van der Waals surface area contributed by atoms with E-state index in [0.29, 0.717) is 5.11 Å². The molecule has 0 radical (unpaired) electrons. The summed E-state index contributed by atoms with van der Waals surface area (Å²) >= 11 is 9.35. The van der Waals surface area contributed by atoms with Crippen LogP contribution in [0.4, 0.5) is 5.69 Å². The Morgan fingerprint density at radius 1 is 0.935 bits per heavy atom. The largest absolute Gasteiger partial charge is 0.508 e. The van der Waals surface area contributed by atoms with Crippen molar-refractivity contribution in [2.75, 3.05) is 4.90 Å². The smallest absolute Gasteiger partial charge is 0.174 e. The zero-order valence-corrected chi connectivity index (χ0v) is 18.8. The zero-order valence-electron chi connectivity index (χ0n) is 16.4. The molecule has 0 bridgehead atoms. The highest BCUT2D eigenvalue weighted by Gasteiger charge is 2.42. The van der Waals surface area contributed by atoms with Crippen molar-refractivity contribution in [3.8, 4) is 11.4 Å². The van der Waals surface area contributed by atoms with E-state index in [-0.39, 0.29) is 17.8 Å². The lowest BCUT2D eigenvalue weighted by Crippen LogP contribution is -2.30. The third-order valence-electron chi connectivity index (χ3n) is 5.40. The minimum atomic E-state index is -0.138. The molecule has 0 spiro atoms. The third kappa shape index (κ3) is 3.71. The summed E-state index contributed by atoms with van der Waals surface area (Å²) in [5.41, 5.74) is 3.95. The number of phenolic OH excluding ortho intramolecular Hbond substituents is 1. The van der Waals surface area contributed by atoms with Crippen molar-refractivity contribution in [2.24, 2.45) is 0 Å². The van der Waals surface area contributed by atoms with Crippen LogP contribution >= 0.6 is 28.1 Å². The lowest BCUT2D eigenvalue weighted by Gasteiger charge is -2.29. The fourth-order valence-corrected chi connectivity index (χ4v) is 4.78. The van der Waals surface area contributed by atoms with E-state index >= 15 is 0 Å². The van der Waals surface area contributed by atoms with Crippen LogP contribution in [0.5, 0.6) is 5.75 Å². The molecule has 1 saturated heterocycles. The van der Waals surface area contributed by atoms with E-state index in [1.165, 1.54) is 0 Å². The lowest BCUT2D eigenvalue weighted by atomic mass is 10.0. The molecule has 1 aliphatic heterocycles. The van der Waals surface area contributed by atoms with Crippen LogP contribution in [0.3, 0.4) is 0 Å². The molecule has 4 aromatic rings. The van der Waals surface area contributed by atoms with Crippen LogP contribution in [-0.4, -0.2) is 19.8 Å². The van der Waals surface area contributed by atoms with Gasteiger partial charge in [0.05, 0.1) is 11.7 Å². The van der Waals surface area contributed by atoms with Crippen molar-refractivity contribution in [2.45, 2.75) is 12.1 Å². The number of halogens is 1. The molecule has 31 heavy (non-hydrogen) atoms. The van der Waals surface area contributed by atoms with E-state index < -0.39 is 0 Å². The van der Waals surface area contributed by atoms with Gasteiger partial charge in [0, 0.05) is 33.9 Å². The highest BCUT2D eigenvalue weighted by Crippen LogP contribution is 2.42. The van der Waals surface area contributed by atoms with Gasteiger partial charge in [-0.15, -0.1) is 0 Å². The number of rotatable bonds is 4. The Morgan fingerprint density at radius 3 is 2.52 bits per heavy atom. The second-order valence-electron chi connectivity index (χ2n) is 7.30. The quantitative estimate of drug-likeness (QED) is 0.369. The van der Waals surface area contributed by atoms with Gasteiger partial charge >= 0.3 is 0 Å². The summed E-state index contributed by atoms with van der Waals surface area (Å²) < 4.78 is 3.19. The highest BCUT2D eigenvalue weighted by atomic mass is 79.9. The van der Waals surface area contributed by atoms with Crippen molar-refractivity contribution >= 4 is 38.9 Å². The molecule has 0 amide bonds. The number of benzene rings is 2. The highest BCUT2D eigenvalue weighted by molar-refractivity contribution is 9.10. The maximum absolute atomic E-state index is 9.78. The number of hydrogen-bond donors (Lipinski definition) is 2. The van der Waals surface area contributed by atoms with Gasteiger partial charge < -0.3 is 19.9 Å². The maximum Gasteiger partial charge on any atom is 0.174 e. The molecule has 0 aliphatic carbocycles. The third-order valence-corrected chi connectivity index (χ3v) is 6.20. The maximum atomic E-state index is 9.78. The molecular formula is C24H19BrN4OS. The number of nitrogens with zero attached hydrogens (tertiary/aromatic N) is 3. The van der Waals surface area contributed by atoms with Crippen molar-refractivity contribution in [1.29, 1.82) is 0 Å². The van der Waals surface area contributed by atoms with Crippen LogP contribution in [0.15, 0.2) is 95.7 Å². The Kier molecular flexibility index (Phi) is 5.21. The number of aromatic hydroxyl groups is 1. The summed E-state index contributed by atoms with van der Waals surface area (Å²) in [6.07, 6.45) is 3.86. The molecule has 5 nitrogen and oxygen atoms in total. The number of aromatic nitrogens is 2. The Balaban J connectivity index is 1.67. The number of thiocarbonyl (C=S) groups is 1. The van der Waals surface area contributed by atoms with E-state index in [4.69, 9.17) is 12.2 Å². The van der Waals surface area contributed by atoms with Gasteiger partial charge in [0.25, 0.3) is 0 Å². The van der Waals surface area contributed by atoms with Crippen LogP contribution in [0.25, 0.3) is 5.69 Å². The van der Waals surface area contributed by atoms with Gasteiger partial charge in [-0.05, 0) is 78.9 Å². The van der Waals surface area contributed by atoms with Crippen molar-refractivity contribution in [3.05, 3.63) is 107 Å². The molecule has 2 aromatic heterocycles. The van der Waals surface area contributed by atoms with Gasteiger partial charge in [-0.25, -0.2) is 0 Å². The molecule has 0 unspecified atom stereocenters. The van der Waals surface area contributed by atoms with Gasteiger partial charge in [-0.3, -0.25) is 4.98 Å². The Labute approximate surface area is 194 Å². The minimum absolute atomic E-state index is 0.136. The number of pyridine rings is 1. The lowest BCUT2D eigenvalue weighted by molar-refractivity contribution is 0.475. The fourth-order valence-electron chi connectivity index (χ4n) is 4.04. The SMILES string of the molecule is Oc1ccc(N2C(=S)N[C@H](c3ccccn3)[C@@H]2c2cccn2-c2cccc(Br)c2)cc1. The van der Waals surface area contributed by atoms with Crippen LogP contribution in [-0.2, 0) is 0 Å². The fraction of sp³-hybridized carbons (Fsp3) is 0.0833. The Bertz CT molecular complexity index is 1230. The van der Waals surface area contributed by atoms with E-state index in [0.717, 1.165) is 27.2 Å². The second-order valence-corrected chi connectivity index (χ2v) is 8.60. The molecule has 1 fully saturated rings. The van der Waals surface area contributed by atoms with Crippen molar-refractivity contribution < 1.29 is 5.11 Å². The predicted molar refractivity (Wildman–Crippen MR) is 130 cm³/mol. The first-order valence-corrected chi connectivity index (χ1v) is 11.0. The van der Waals surface area contributed by atoms with Gasteiger partial charge in [0.2, 0.25) is 0 Å². The monoisotopic (exact) mass is 490 g/mol. The summed E-state index contributed by atoms with van der Waals surface area (Å²) in [5, 5.41) is 13.9. The second kappa shape index (κ2) is 8.17. The van der Waals surface area contributed by atoms with Crippen LogP contribution in [0.2, 0.25) is 0 Å². The Morgan fingerprint density at radius 2 is 1.77 bits per heavy atom. The first-order valence-electron chi connectivity index (χ1n) is 9.85. The summed E-state index contributed by atoms with van der Waals surface area (Å²) in [6.45, 7) is 0. The van der Waals surface area contributed by atoms with Gasteiger partial charge in [-0.1, -0.05) is 28.1 Å². The summed E-state index contributed by atoms with van der Waals surface area (Å²) in [4.78, 5) is 6.70. The number of hydrogen-bond acceptors (Lipinski definition) is 3. The summed E-state index contributed by atoms with van der Waals surface area (Å²) in [5.74, 6) is 0.220. The first-order chi connectivity index (χ1) is 15.1. The molecule has 3 heterocycles. The predicted octanol–water partition coefficient (Wildman–Crippen LogP) is 5.52. The summed E-state index contributed by atoms with van der Waals surface area (Å²) in [7, 11) is 0. The normalized spacial score (nSPS) is 18.2. The van der Waals surface area contributed by atoms with Gasteiger partial charge in [0.1, 0.15) is 11.8 Å². The van der Waals surface area contributed by atoms with E-state index in [2.05, 4.69) is 60.1 Å². The molecule has 2 atom stereocenters. The average Bonchev–Trinajstić information content (AvgIpc) is 3.39. The Hall–Kier alpha value is -3.16.